The molecule has 2 N–H and O–H groups in total. The minimum atomic E-state index is -1.31. The van der Waals surface area contributed by atoms with Crippen molar-refractivity contribution in [2.24, 2.45) is 4.99 Å². The quantitative estimate of drug-likeness (QED) is 0.381. The zero-order valence-electron chi connectivity index (χ0n) is 21.0. The lowest BCUT2D eigenvalue weighted by molar-refractivity contribution is -0.120. The number of urea groups is 1. The van der Waals surface area contributed by atoms with Gasteiger partial charge >= 0.3 is 6.03 Å². The van der Waals surface area contributed by atoms with Gasteiger partial charge in [0.15, 0.2) is 0 Å². The molecule has 38 heavy (non-hydrogen) atoms. The predicted molar refractivity (Wildman–Crippen MR) is 146 cm³/mol. The topological polar surface area (TPSA) is 86.7 Å². The van der Waals surface area contributed by atoms with Crippen molar-refractivity contribution >= 4 is 29.0 Å². The average molecular weight is 508 g/mol. The molecule has 1 aliphatic rings. The standard InChI is InChI=1S/C30H26FN5O2/c1-19-9-7-11-21(17-19)33-30(38)35-28-29(37)36(18-25-20(2)10-8-16-32-25)26-15-6-4-13-23(26)27(34-28)22-12-3-5-14-24(22)31/h3-17,28H,18H2,1-2H3,(H2,33,35,38). The van der Waals surface area contributed by atoms with E-state index in [1.165, 1.54) is 6.07 Å². The van der Waals surface area contributed by atoms with Crippen molar-refractivity contribution in [3.05, 3.63) is 125 Å². The SMILES string of the molecule is Cc1cccc(NC(=O)NC2N=C(c3ccccc3F)c3ccccc3N(Cc3ncccc3C)C2=O)c1. The Balaban J connectivity index is 1.59. The molecule has 190 valence electrons. The van der Waals surface area contributed by atoms with Crippen molar-refractivity contribution in [1.82, 2.24) is 10.3 Å². The first-order valence-corrected chi connectivity index (χ1v) is 12.2. The molecule has 1 atom stereocenters. The molecular formula is C30H26FN5O2. The van der Waals surface area contributed by atoms with Crippen LogP contribution in [-0.4, -0.2) is 28.8 Å². The normalized spacial score (nSPS) is 14.8. The van der Waals surface area contributed by atoms with Crippen LogP contribution in [0.15, 0.2) is 96.1 Å². The summed E-state index contributed by atoms with van der Waals surface area (Å²) >= 11 is 0. The molecule has 1 aliphatic heterocycles. The van der Waals surface area contributed by atoms with E-state index in [2.05, 4.69) is 20.6 Å². The van der Waals surface area contributed by atoms with Gasteiger partial charge in [0, 0.05) is 23.0 Å². The summed E-state index contributed by atoms with van der Waals surface area (Å²) in [6.07, 6.45) is 0.355. The fourth-order valence-corrected chi connectivity index (χ4v) is 4.40. The summed E-state index contributed by atoms with van der Waals surface area (Å²) in [7, 11) is 0. The van der Waals surface area contributed by atoms with Crippen LogP contribution in [0.1, 0.15) is 27.9 Å². The van der Waals surface area contributed by atoms with Gasteiger partial charge in [-0.3, -0.25) is 9.78 Å². The van der Waals surface area contributed by atoms with Gasteiger partial charge in [-0.2, -0.15) is 0 Å². The molecule has 0 spiro atoms. The number of aromatic nitrogens is 1. The molecule has 1 unspecified atom stereocenters. The van der Waals surface area contributed by atoms with E-state index in [-0.39, 0.29) is 17.8 Å². The van der Waals surface area contributed by atoms with Crippen molar-refractivity contribution in [2.45, 2.75) is 26.6 Å². The Morgan fingerprint density at radius 1 is 0.947 bits per heavy atom. The molecule has 0 radical (unpaired) electrons. The Hall–Kier alpha value is -4.85. The van der Waals surface area contributed by atoms with Crippen LogP contribution in [0.4, 0.5) is 20.6 Å². The number of benzodiazepines with no additional fused rings is 1. The molecular weight excluding hydrogens is 481 g/mol. The van der Waals surface area contributed by atoms with Crippen LogP contribution >= 0.6 is 0 Å². The van der Waals surface area contributed by atoms with Crippen molar-refractivity contribution in [1.29, 1.82) is 0 Å². The first-order chi connectivity index (χ1) is 18.4. The van der Waals surface area contributed by atoms with E-state index in [0.717, 1.165) is 11.1 Å². The van der Waals surface area contributed by atoms with Gasteiger partial charge in [0.25, 0.3) is 5.91 Å². The van der Waals surface area contributed by atoms with Gasteiger partial charge in [0.2, 0.25) is 6.17 Å². The summed E-state index contributed by atoms with van der Waals surface area (Å²) in [6, 6.07) is 23.9. The van der Waals surface area contributed by atoms with Crippen molar-refractivity contribution in [2.75, 3.05) is 10.2 Å². The van der Waals surface area contributed by atoms with Crippen molar-refractivity contribution in [3.8, 4) is 0 Å². The highest BCUT2D eigenvalue weighted by Gasteiger charge is 2.34. The van der Waals surface area contributed by atoms with Crippen molar-refractivity contribution < 1.29 is 14.0 Å². The number of nitrogens with one attached hydrogen (secondary N) is 2. The Morgan fingerprint density at radius 2 is 1.71 bits per heavy atom. The molecule has 0 saturated heterocycles. The Kier molecular flexibility index (Phi) is 6.95. The van der Waals surface area contributed by atoms with E-state index in [1.54, 1.807) is 47.5 Å². The van der Waals surface area contributed by atoms with Crippen LogP contribution in [0.5, 0.6) is 0 Å². The number of anilines is 2. The Morgan fingerprint density at radius 3 is 2.47 bits per heavy atom. The Bertz CT molecular complexity index is 1550. The number of hydrogen-bond donors (Lipinski definition) is 2. The number of carbonyl (C=O) groups is 2. The van der Waals surface area contributed by atoms with Crippen molar-refractivity contribution in [3.63, 3.8) is 0 Å². The summed E-state index contributed by atoms with van der Waals surface area (Å²) in [5.74, 6) is -0.946. The third-order valence-electron chi connectivity index (χ3n) is 6.31. The molecule has 2 heterocycles. The number of rotatable bonds is 5. The van der Waals surface area contributed by atoms with Gasteiger partial charge in [-0.25, -0.2) is 14.2 Å². The largest absolute Gasteiger partial charge is 0.321 e. The third-order valence-corrected chi connectivity index (χ3v) is 6.31. The number of carbonyl (C=O) groups excluding carboxylic acids is 2. The second-order valence-corrected chi connectivity index (χ2v) is 9.04. The Labute approximate surface area is 220 Å². The average Bonchev–Trinajstić information content (AvgIpc) is 3.01. The third kappa shape index (κ3) is 5.15. The van der Waals surface area contributed by atoms with E-state index in [4.69, 9.17) is 0 Å². The first-order valence-electron chi connectivity index (χ1n) is 12.2. The number of halogens is 1. The highest BCUT2D eigenvalue weighted by molar-refractivity contribution is 6.20. The molecule has 8 heteroatoms. The van der Waals surface area contributed by atoms with Crippen LogP contribution < -0.4 is 15.5 Å². The molecule has 4 aromatic rings. The van der Waals surface area contributed by atoms with E-state index in [0.29, 0.717) is 22.6 Å². The lowest BCUT2D eigenvalue weighted by Gasteiger charge is -2.25. The van der Waals surface area contributed by atoms with Crippen LogP contribution in [0.3, 0.4) is 0 Å². The number of pyridine rings is 1. The summed E-state index contributed by atoms with van der Waals surface area (Å²) in [6.45, 7) is 3.99. The van der Waals surface area contributed by atoms with Gasteiger partial charge in [0.05, 0.1) is 23.6 Å². The predicted octanol–water partition coefficient (Wildman–Crippen LogP) is 5.37. The molecule has 1 aromatic heterocycles. The number of amides is 3. The van der Waals surface area contributed by atoms with E-state index in [9.17, 15) is 9.59 Å². The highest BCUT2D eigenvalue weighted by atomic mass is 19.1. The highest BCUT2D eigenvalue weighted by Crippen LogP contribution is 2.30. The minimum absolute atomic E-state index is 0.153. The zero-order valence-corrected chi connectivity index (χ0v) is 21.0. The number of nitrogens with zero attached hydrogens (tertiary/aromatic N) is 3. The maximum Gasteiger partial charge on any atom is 0.321 e. The lowest BCUT2D eigenvalue weighted by atomic mass is 9.99. The number of fused-ring (bicyclic) bond motifs is 1. The molecule has 3 aromatic carbocycles. The summed E-state index contributed by atoms with van der Waals surface area (Å²) in [4.78, 5) is 37.6. The molecule has 3 amide bonds. The monoisotopic (exact) mass is 507 g/mol. The number of benzene rings is 3. The van der Waals surface area contributed by atoms with Gasteiger partial charge in [-0.05, 0) is 61.4 Å². The number of para-hydroxylation sites is 1. The molecule has 0 aliphatic carbocycles. The van der Waals surface area contributed by atoms with Gasteiger partial charge in [-0.1, -0.05) is 48.5 Å². The van der Waals surface area contributed by atoms with Crippen LogP contribution in [-0.2, 0) is 11.3 Å². The minimum Gasteiger partial charge on any atom is -0.308 e. The van der Waals surface area contributed by atoms with E-state index in [1.807, 2.05) is 56.3 Å². The van der Waals surface area contributed by atoms with Gasteiger partial charge < -0.3 is 15.5 Å². The van der Waals surface area contributed by atoms with E-state index >= 15 is 4.39 Å². The fraction of sp³-hybridized carbons (Fsp3) is 0.133. The van der Waals surface area contributed by atoms with E-state index < -0.39 is 23.9 Å². The number of hydrogen-bond acceptors (Lipinski definition) is 4. The number of aryl methyl sites for hydroxylation is 2. The number of aliphatic imine (C=N–C) groups is 1. The van der Waals surface area contributed by atoms with Crippen LogP contribution in [0, 0.1) is 19.7 Å². The fourth-order valence-electron chi connectivity index (χ4n) is 4.40. The maximum absolute atomic E-state index is 15.0. The molecule has 0 bridgehead atoms. The molecule has 7 nitrogen and oxygen atoms in total. The maximum atomic E-state index is 15.0. The molecule has 0 fully saturated rings. The summed E-state index contributed by atoms with van der Waals surface area (Å²) in [5, 5.41) is 5.44. The first kappa shape index (κ1) is 24.8. The summed E-state index contributed by atoms with van der Waals surface area (Å²) < 4.78 is 15.0. The van der Waals surface area contributed by atoms with Gasteiger partial charge in [-0.15, -0.1) is 0 Å². The van der Waals surface area contributed by atoms with Crippen LogP contribution in [0.25, 0.3) is 0 Å². The zero-order chi connectivity index (χ0) is 26.6. The summed E-state index contributed by atoms with van der Waals surface area (Å²) in [5.41, 5.74) is 4.79. The smallest absolute Gasteiger partial charge is 0.308 e. The molecule has 0 saturated carbocycles. The second-order valence-electron chi connectivity index (χ2n) is 9.04. The van der Waals surface area contributed by atoms with Crippen LogP contribution in [0.2, 0.25) is 0 Å². The second kappa shape index (κ2) is 10.6. The lowest BCUT2D eigenvalue weighted by Crippen LogP contribution is -2.48. The van der Waals surface area contributed by atoms with Gasteiger partial charge in [0.1, 0.15) is 5.82 Å². The molecule has 5 rings (SSSR count).